The highest BCUT2D eigenvalue weighted by Gasteiger charge is 2.24. The molecule has 1 saturated heterocycles. The summed E-state index contributed by atoms with van der Waals surface area (Å²) in [5, 5.41) is 0. The zero-order chi connectivity index (χ0) is 15.0. The van der Waals surface area contributed by atoms with E-state index < -0.39 is 10.0 Å². The van der Waals surface area contributed by atoms with Crippen molar-refractivity contribution in [1.82, 2.24) is 14.6 Å². The summed E-state index contributed by atoms with van der Waals surface area (Å²) in [5.41, 5.74) is 2.58. The van der Waals surface area contributed by atoms with Crippen LogP contribution in [0.3, 0.4) is 0 Å². The molecule has 1 aliphatic heterocycles. The van der Waals surface area contributed by atoms with Gasteiger partial charge in [-0.3, -0.25) is 10.4 Å². The van der Waals surface area contributed by atoms with Crippen molar-refractivity contribution in [1.29, 1.82) is 0 Å². The van der Waals surface area contributed by atoms with E-state index in [0.717, 1.165) is 6.42 Å². The Morgan fingerprint density at radius 3 is 2.50 bits per heavy atom. The van der Waals surface area contributed by atoms with Crippen LogP contribution < -0.4 is 11.3 Å². The zero-order valence-electron chi connectivity index (χ0n) is 12.2. The maximum atomic E-state index is 11.4. The van der Waals surface area contributed by atoms with E-state index in [1.54, 1.807) is 0 Å². The second kappa shape index (κ2) is 8.40. The fourth-order valence-corrected chi connectivity index (χ4v) is 2.79. The molecule has 1 fully saturated rings. The van der Waals surface area contributed by atoms with Crippen LogP contribution in [0.5, 0.6) is 0 Å². The molecule has 118 valence electrons. The molecule has 0 saturated carbocycles. The van der Waals surface area contributed by atoms with E-state index in [1.807, 2.05) is 11.8 Å². The van der Waals surface area contributed by atoms with E-state index in [-0.39, 0.29) is 0 Å². The van der Waals surface area contributed by atoms with Gasteiger partial charge in [0, 0.05) is 45.9 Å². The lowest BCUT2D eigenvalue weighted by Gasteiger charge is -2.34. The summed E-state index contributed by atoms with van der Waals surface area (Å²) in [6.07, 6.45) is 2.06. The Morgan fingerprint density at radius 1 is 1.35 bits per heavy atom. The maximum absolute atomic E-state index is 11.4. The molecule has 1 aliphatic rings. The third kappa shape index (κ3) is 5.61. The van der Waals surface area contributed by atoms with E-state index >= 15 is 0 Å². The quantitative estimate of drug-likeness (QED) is 0.210. The summed E-state index contributed by atoms with van der Waals surface area (Å²) >= 11 is 0. The molecule has 0 unspecified atom stereocenters. The van der Waals surface area contributed by atoms with Crippen molar-refractivity contribution in [3.63, 3.8) is 0 Å². The minimum atomic E-state index is -3.11. The van der Waals surface area contributed by atoms with Crippen molar-refractivity contribution < 1.29 is 13.2 Å². The molecule has 0 aliphatic carbocycles. The van der Waals surface area contributed by atoms with Crippen LogP contribution in [0.2, 0.25) is 0 Å². The second-order valence-corrected chi connectivity index (χ2v) is 6.53. The van der Waals surface area contributed by atoms with Crippen LogP contribution in [0.4, 0.5) is 0 Å². The van der Waals surface area contributed by atoms with Crippen molar-refractivity contribution >= 4 is 16.0 Å². The molecule has 0 amide bonds. The summed E-state index contributed by atoms with van der Waals surface area (Å²) in [6.45, 7) is 6.06. The van der Waals surface area contributed by atoms with Crippen LogP contribution in [0, 0.1) is 0 Å². The van der Waals surface area contributed by atoms with E-state index in [4.69, 9.17) is 10.6 Å². The lowest BCUT2D eigenvalue weighted by atomic mass is 10.4. The third-order valence-electron chi connectivity index (χ3n) is 3.05. The Morgan fingerprint density at radius 2 is 2.00 bits per heavy atom. The summed E-state index contributed by atoms with van der Waals surface area (Å²) in [7, 11) is -3.11. The van der Waals surface area contributed by atoms with E-state index in [2.05, 4.69) is 10.4 Å². The molecular formula is C11H25N5O3S. The molecule has 0 atom stereocenters. The normalized spacial score (nSPS) is 18.4. The Bertz CT molecular complexity index is 404. The highest BCUT2D eigenvalue weighted by atomic mass is 32.2. The largest absolute Gasteiger partial charge is 0.382 e. The summed E-state index contributed by atoms with van der Waals surface area (Å²) in [5.74, 6) is 6.09. The average Bonchev–Trinajstić information content (AvgIpc) is 2.42. The molecule has 0 aromatic carbocycles. The van der Waals surface area contributed by atoms with Crippen LogP contribution in [0.25, 0.3) is 0 Å². The summed E-state index contributed by atoms with van der Waals surface area (Å²) in [4.78, 5) is 6.34. The van der Waals surface area contributed by atoms with Gasteiger partial charge in [-0.1, -0.05) is 0 Å². The van der Waals surface area contributed by atoms with Gasteiger partial charge in [0.15, 0.2) is 0 Å². The van der Waals surface area contributed by atoms with Crippen molar-refractivity contribution in [2.45, 2.75) is 13.3 Å². The molecule has 3 N–H and O–H groups in total. The number of hydrogen-bond acceptors (Lipinski definition) is 5. The predicted molar refractivity (Wildman–Crippen MR) is 78.7 cm³/mol. The number of hydrogen-bond donors (Lipinski definition) is 2. The van der Waals surface area contributed by atoms with Crippen LogP contribution in [-0.2, 0) is 14.8 Å². The number of hydrazine groups is 1. The Labute approximate surface area is 121 Å². The molecule has 1 rings (SSSR count). The van der Waals surface area contributed by atoms with Crippen molar-refractivity contribution in [3.8, 4) is 0 Å². The maximum Gasteiger partial charge on any atom is 0.211 e. The Hall–Kier alpha value is -0.900. The first-order chi connectivity index (χ1) is 9.49. The third-order valence-corrected chi connectivity index (χ3v) is 4.35. The van der Waals surface area contributed by atoms with Gasteiger partial charge in [-0.15, -0.1) is 0 Å². The van der Waals surface area contributed by atoms with Gasteiger partial charge < -0.3 is 9.64 Å². The first-order valence-corrected chi connectivity index (χ1v) is 8.62. The number of sulfonamides is 1. The molecule has 0 spiro atoms. The van der Waals surface area contributed by atoms with Crippen molar-refractivity contribution in [2.24, 2.45) is 10.8 Å². The Balaban J connectivity index is 2.42. The number of ether oxygens (including phenoxy) is 1. The Kier molecular flexibility index (Phi) is 7.20. The number of aliphatic imine (C=N–C) groups is 1. The molecule has 0 bridgehead atoms. The van der Waals surface area contributed by atoms with Crippen LogP contribution in [0.15, 0.2) is 4.99 Å². The predicted octanol–water partition coefficient (Wildman–Crippen LogP) is -1.19. The lowest BCUT2D eigenvalue weighted by molar-refractivity contribution is 0.146. The lowest BCUT2D eigenvalue weighted by Crippen LogP contribution is -2.54. The molecule has 20 heavy (non-hydrogen) atoms. The van der Waals surface area contributed by atoms with E-state index in [0.29, 0.717) is 51.9 Å². The van der Waals surface area contributed by atoms with Crippen molar-refractivity contribution in [2.75, 3.05) is 52.2 Å². The van der Waals surface area contributed by atoms with Crippen LogP contribution in [-0.4, -0.2) is 75.8 Å². The first kappa shape index (κ1) is 17.2. The van der Waals surface area contributed by atoms with E-state index in [9.17, 15) is 8.42 Å². The smallest absolute Gasteiger partial charge is 0.211 e. The minimum Gasteiger partial charge on any atom is -0.382 e. The molecule has 9 heteroatoms. The van der Waals surface area contributed by atoms with Gasteiger partial charge in [-0.25, -0.2) is 14.3 Å². The fourth-order valence-electron chi connectivity index (χ4n) is 1.96. The standard InChI is InChI=1S/C11H25N5O3S/c1-3-19-10-4-5-13-11(14-12)15-6-8-16(9-7-15)20(2,17)18/h3-10,12H2,1-2H3,(H,13,14). The molecule has 0 aromatic heterocycles. The molecule has 8 nitrogen and oxygen atoms in total. The highest BCUT2D eigenvalue weighted by molar-refractivity contribution is 7.88. The fraction of sp³-hybridized carbons (Fsp3) is 0.909. The van der Waals surface area contributed by atoms with Gasteiger partial charge in [0.1, 0.15) is 0 Å². The molecule has 0 radical (unpaired) electrons. The molecule has 0 aromatic rings. The van der Waals surface area contributed by atoms with Gasteiger partial charge in [0.25, 0.3) is 0 Å². The number of rotatable bonds is 6. The highest BCUT2D eigenvalue weighted by Crippen LogP contribution is 2.06. The molecule has 1 heterocycles. The van der Waals surface area contributed by atoms with Gasteiger partial charge in [0.2, 0.25) is 16.0 Å². The number of nitrogens with zero attached hydrogens (tertiary/aromatic N) is 3. The average molecular weight is 307 g/mol. The van der Waals surface area contributed by atoms with E-state index in [1.165, 1.54) is 10.6 Å². The van der Waals surface area contributed by atoms with Gasteiger partial charge in [-0.05, 0) is 13.3 Å². The minimum absolute atomic E-state index is 0.457. The monoisotopic (exact) mass is 307 g/mol. The van der Waals surface area contributed by atoms with Crippen molar-refractivity contribution in [3.05, 3.63) is 0 Å². The second-order valence-electron chi connectivity index (χ2n) is 4.55. The van der Waals surface area contributed by atoms with Crippen LogP contribution >= 0.6 is 0 Å². The van der Waals surface area contributed by atoms with Gasteiger partial charge in [-0.2, -0.15) is 4.31 Å². The number of piperazine rings is 1. The summed E-state index contributed by atoms with van der Waals surface area (Å²) in [6, 6.07) is 0. The number of nitrogens with one attached hydrogen (secondary N) is 1. The number of nitrogens with two attached hydrogens (primary N) is 1. The first-order valence-electron chi connectivity index (χ1n) is 6.78. The number of guanidine groups is 1. The zero-order valence-corrected chi connectivity index (χ0v) is 13.0. The van der Waals surface area contributed by atoms with Gasteiger partial charge in [0.05, 0.1) is 6.26 Å². The SMILES string of the molecule is CCOCCCN=C(NN)N1CCN(S(C)(=O)=O)CC1. The molecular weight excluding hydrogens is 282 g/mol. The van der Waals surface area contributed by atoms with Crippen LogP contribution in [0.1, 0.15) is 13.3 Å². The summed E-state index contributed by atoms with van der Waals surface area (Å²) < 4.78 is 29.6. The topological polar surface area (TPSA) is 100 Å². The van der Waals surface area contributed by atoms with Gasteiger partial charge >= 0.3 is 0 Å².